The standard InChI is InChI=1S/C15H16N6O3/c1-24-7-6-13-18-15(20(19-13)8-14(22)23)11-4-2-3-5-12(11)21-10-16-9-17-21/h2-5,9-10H,6-8H2,1H3,(H,22,23). The van der Waals surface area contributed by atoms with Crippen LogP contribution in [-0.4, -0.2) is 54.3 Å². The van der Waals surface area contributed by atoms with Gasteiger partial charge in [0, 0.05) is 19.1 Å². The number of aliphatic carboxylic acids is 1. The van der Waals surface area contributed by atoms with E-state index in [0.717, 1.165) is 11.3 Å². The second kappa shape index (κ2) is 7.01. The van der Waals surface area contributed by atoms with Crippen LogP contribution in [0.25, 0.3) is 17.1 Å². The van der Waals surface area contributed by atoms with Crippen LogP contribution in [0.3, 0.4) is 0 Å². The van der Waals surface area contributed by atoms with E-state index in [1.165, 1.54) is 11.0 Å². The molecule has 24 heavy (non-hydrogen) atoms. The van der Waals surface area contributed by atoms with Crippen LogP contribution in [0.5, 0.6) is 0 Å². The van der Waals surface area contributed by atoms with Crippen molar-refractivity contribution in [1.82, 2.24) is 29.5 Å². The highest BCUT2D eigenvalue weighted by molar-refractivity contribution is 5.70. The smallest absolute Gasteiger partial charge is 0.325 e. The van der Waals surface area contributed by atoms with Crippen molar-refractivity contribution in [3.05, 3.63) is 42.7 Å². The lowest BCUT2D eigenvalue weighted by Gasteiger charge is -2.09. The molecule has 0 spiro atoms. The van der Waals surface area contributed by atoms with Crippen LogP contribution in [0.1, 0.15) is 5.82 Å². The molecule has 0 radical (unpaired) electrons. The summed E-state index contributed by atoms with van der Waals surface area (Å²) in [5.41, 5.74) is 1.47. The van der Waals surface area contributed by atoms with Gasteiger partial charge in [-0.25, -0.2) is 19.3 Å². The van der Waals surface area contributed by atoms with Gasteiger partial charge in [-0.2, -0.15) is 10.2 Å². The summed E-state index contributed by atoms with van der Waals surface area (Å²) in [6.45, 7) is 0.183. The monoisotopic (exact) mass is 328 g/mol. The molecule has 3 rings (SSSR count). The number of benzene rings is 1. The van der Waals surface area contributed by atoms with Crippen LogP contribution in [0, 0.1) is 0 Å². The maximum Gasteiger partial charge on any atom is 0.325 e. The predicted octanol–water partition coefficient (Wildman–Crippen LogP) is 0.799. The minimum atomic E-state index is -0.988. The minimum Gasteiger partial charge on any atom is -0.480 e. The van der Waals surface area contributed by atoms with E-state index in [9.17, 15) is 4.79 Å². The Kier molecular flexibility index (Phi) is 4.62. The molecule has 2 aromatic heterocycles. The van der Waals surface area contributed by atoms with Crippen molar-refractivity contribution in [3.8, 4) is 17.1 Å². The Labute approximate surface area is 137 Å². The van der Waals surface area contributed by atoms with E-state index in [1.807, 2.05) is 24.3 Å². The Balaban J connectivity index is 2.08. The van der Waals surface area contributed by atoms with E-state index < -0.39 is 5.97 Å². The number of aromatic nitrogens is 6. The van der Waals surface area contributed by atoms with Crippen molar-refractivity contribution in [2.24, 2.45) is 0 Å². The van der Waals surface area contributed by atoms with Crippen LogP contribution in [-0.2, 0) is 22.5 Å². The fourth-order valence-electron chi connectivity index (χ4n) is 2.32. The molecule has 0 unspecified atom stereocenters. The third-order valence-corrected chi connectivity index (χ3v) is 3.34. The summed E-state index contributed by atoms with van der Waals surface area (Å²) in [5, 5.41) is 17.6. The summed E-state index contributed by atoms with van der Waals surface area (Å²) in [4.78, 5) is 19.6. The first kappa shape index (κ1) is 15.8. The van der Waals surface area contributed by atoms with Crippen LogP contribution in [0.4, 0.5) is 0 Å². The average molecular weight is 328 g/mol. The summed E-state index contributed by atoms with van der Waals surface area (Å²) in [7, 11) is 1.59. The van der Waals surface area contributed by atoms with Crippen molar-refractivity contribution >= 4 is 5.97 Å². The van der Waals surface area contributed by atoms with E-state index >= 15 is 0 Å². The van der Waals surface area contributed by atoms with Gasteiger partial charge in [-0.3, -0.25) is 4.79 Å². The zero-order chi connectivity index (χ0) is 16.9. The van der Waals surface area contributed by atoms with Crippen molar-refractivity contribution in [2.75, 3.05) is 13.7 Å². The SMILES string of the molecule is COCCc1nc(-c2ccccc2-n2cncn2)n(CC(=O)O)n1. The normalized spacial score (nSPS) is 10.9. The Hall–Kier alpha value is -3.07. The lowest BCUT2D eigenvalue weighted by Crippen LogP contribution is -2.12. The number of ether oxygens (including phenoxy) is 1. The van der Waals surface area contributed by atoms with Crippen molar-refractivity contribution in [2.45, 2.75) is 13.0 Å². The first-order chi connectivity index (χ1) is 11.7. The quantitative estimate of drug-likeness (QED) is 0.683. The molecule has 0 bridgehead atoms. The first-order valence-electron chi connectivity index (χ1n) is 7.28. The largest absolute Gasteiger partial charge is 0.480 e. The molecule has 9 heteroatoms. The van der Waals surface area contributed by atoms with Gasteiger partial charge >= 0.3 is 5.97 Å². The van der Waals surface area contributed by atoms with Gasteiger partial charge in [-0.05, 0) is 12.1 Å². The molecule has 1 N–H and O–H groups in total. The summed E-state index contributed by atoms with van der Waals surface area (Å²) in [6.07, 6.45) is 3.51. The van der Waals surface area contributed by atoms with Crippen LogP contribution in [0.2, 0.25) is 0 Å². The van der Waals surface area contributed by atoms with Gasteiger partial charge in [0.2, 0.25) is 0 Å². The first-order valence-corrected chi connectivity index (χ1v) is 7.28. The van der Waals surface area contributed by atoms with E-state index in [1.54, 1.807) is 18.1 Å². The Bertz CT molecular complexity index is 828. The molecular weight excluding hydrogens is 312 g/mol. The number of carboxylic acids is 1. The van der Waals surface area contributed by atoms with Crippen molar-refractivity contribution in [3.63, 3.8) is 0 Å². The molecule has 0 saturated carbocycles. The highest BCUT2D eigenvalue weighted by Gasteiger charge is 2.17. The molecule has 0 aliphatic rings. The third-order valence-electron chi connectivity index (χ3n) is 3.34. The summed E-state index contributed by atoms with van der Waals surface area (Å²) < 4.78 is 8.02. The molecule has 0 fully saturated rings. The van der Waals surface area contributed by atoms with Gasteiger partial charge in [0.15, 0.2) is 11.6 Å². The Morgan fingerprint density at radius 1 is 1.33 bits per heavy atom. The molecular formula is C15H16N6O3. The van der Waals surface area contributed by atoms with Crippen molar-refractivity contribution in [1.29, 1.82) is 0 Å². The molecule has 0 aliphatic heterocycles. The lowest BCUT2D eigenvalue weighted by molar-refractivity contribution is -0.137. The van der Waals surface area contributed by atoms with Crippen LogP contribution >= 0.6 is 0 Å². The van der Waals surface area contributed by atoms with Gasteiger partial charge in [-0.1, -0.05) is 12.1 Å². The highest BCUT2D eigenvalue weighted by atomic mass is 16.5. The van der Waals surface area contributed by atoms with Gasteiger partial charge in [0.05, 0.1) is 12.3 Å². The zero-order valence-corrected chi connectivity index (χ0v) is 13.0. The van der Waals surface area contributed by atoms with E-state index in [4.69, 9.17) is 9.84 Å². The number of carbonyl (C=O) groups is 1. The number of carboxylic acid groups (broad SMARTS) is 1. The Morgan fingerprint density at radius 2 is 2.17 bits per heavy atom. The van der Waals surface area contributed by atoms with Gasteiger partial charge in [0.25, 0.3) is 0 Å². The number of para-hydroxylation sites is 1. The maximum absolute atomic E-state index is 11.1. The maximum atomic E-state index is 11.1. The fraction of sp³-hybridized carbons (Fsp3) is 0.267. The minimum absolute atomic E-state index is 0.277. The molecule has 0 saturated heterocycles. The second-order valence-corrected chi connectivity index (χ2v) is 5.00. The molecule has 3 aromatic rings. The molecule has 124 valence electrons. The summed E-state index contributed by atoms with van der Waals surface area (Å²) in [5.74, 6) is 0.00812. The lowest BCUT2D eigenvalue weighted by atomic mass is 10.1. The average Bonchev–Trinajstić information content (AvgIpc) is 3.22. The predicted molar refractivity (Wildman–Crippen MR) is 83.6 cm³/mol. The summed E-state index contributed by atoms with van der Waals surface area (Å²) in [6, 6.07) is 7.42. The van der Waals surface area contributed by atoms with E-state index in [0.29, 0.717) is 24.7 Å². The number of rotatable bonds is 7. The van der Waals surface area contributed by atoms with E-state index in [2.05, 4.69) is 20.2 Å². The highest BCUT2D eigenvalue weighted by Crippen LogP contribution is 2.25. The number of nitrogens with zero attached hydrogens (tertiary/aromatic N) is 6. The molecule has 0 amide bonds. The molecule has 2 heterocycles. The molecule has 0 atom stereocenters. The zero-order valence-electron chi connectivity index (χ0n) is 13.0. The number of hydrogen-bond acceptors (Lipinski definition) is 6. The molecule has 1 aromatic carbocycles. The van der Waals surface area contributed by atoms with Crippen LogP contribution in [0.15, 0.2) is 36.9 Å². The van der Waals surface area contributed by atoms with Gasteiger partial charge < -0.3 is 9.84 Å². The topological polar surface area (TPSA) is 108 Å². The van der Waals surface area contributed by atoms with Crippen LogP contribution < -0.4 is 0 Å². The number of hydrogen-bond donors (Lipinski definition) is 1. The number of methoxy groups -OCH3 is 1. The summed E-state index contributed by atoms with van der Waals surface area (Å²) >= 11 is 0. The van der Waals surface area contributed by atoms with Gasteiger partial charge in [0.1, 0.15) is 19.2 Å². The third kappa shape index (κ3) is 3.30. The second-order valence-electron chi connectivity index (χ2n) is 5.00. The molecule has 9 nitrogen and oxygen atoms in total. The molecule has 0 aliphatic carbocycles. The van der Waals surface area contributed by atoms with Crippen molar-refractivity contribution < 1.29 is 14.6 Å². The Morgan fingerprint density at radius 3 is 2.88 bits per heavy atom. The van der Waals surface area contributed by atoms with Gasteiger partial charge in [-0.15, -0.1) is 0 Å². The fourth-order valence-corrected chi connectivity index (χ4v) is 2.32. The van der Waals surface area contributed by atoms with E-state index in [-0.39, 0.29) is 6.54 Å².